The number of hydrogen-bond donors (Lipinski definition) is 2. The zero-order valence-electron chi connectivity index (χ0n) is 15.8. The van der Waals surface area contributed by atoms with Crippen LogP contribution in [-0.4, -0.2) is 59.5 Å². The first kappa shape index (κ1) is 20.0. The molecule has 0 radical (unpaired) electrons. The van der Waals surface area contributed by atoms with Crippen LogP contribution < -0.4 is 5.32 Å². The number of nitrogens with zero attached hydrogens (tertiary/aromatic N) is 1. The molecule has 28 heavy (non-hydrogen) atoms. The van der Waals surface area contributed by atoms with Crippen molar-refractivity contribution in [3.63, 3.8) is 0 Å². The van der Waals surface area contributed by atoms with E-state index in [1.165, 1.54) is 23.1 Å². The number of rotatable bonds is 8. The minimum atomic E-state index is -0.957. The van der Waals surface area contributed by atoms with E-state index in [2.05, 4.69) is 5.32 Å². The van der Waals surface area contributed by atoms with E-state index in [0.29, 0.717) is 19.4 Å². The number of amides is 3. The Labute approximate surface area is 162 Å². The van der Waals surface area contributed by atoms with E-state index in [9.17, 15) is 24.3 Å². The number of fused-ring (bicyclic) bond motifs is 1. The number of carboxylic acids is 1. The Balaban J connectivity index is 1.69. The number of carbonyl (C=O) groups is 4. The van der Waals surface area contributed by atoms with E-state index in [0.717, 1.165) is 12.8 Å². The lowest BCUT2D eigenvalue weighted by atomic mass is 10.0. The smallest absolute Gasteiger partial charge is 0.308 e. The number of carbonyl (C=O) groups excluding carboxylic acids is 3. The monoisotopic (exact) mass is 388 g/mol. The van der Waals surface area contributed by atoms with Crippen molar-refractivity contribution in [2.45, 2.75) is 38.7 Å². The summed E-state index contributed by atoms with van der Waals surface area (Å²) in [7, 11) is 0. The van der Waals surface area contributed by atoms with E-state index < -0.39 is 23.7 Å². The quantitative estimate of drug-likeness (QED) is 0.655. The van der Waals surface area contributed by atoms with Gasteiger partial charge in [0.05, 0.1) is 29.7 Å². The van der Waals surface area contributed by atoms with Gasteiger partial charge < -0.3 is 15.2 Å². The van der Waals surface area contributed by atoms with Crippen LogP contribution in [0.5, 0.6) is 0 Å². The highest BCUT2D eigenvalue weighted by Gasteiger charge is 2.38. The largest absolute Gasteiger partial charge is 0.481 e. The van der Waals surface area contributed by atoms with Crippen LogP contribution >= 0.6 is 0 Å². The van der Waals surface area contributed by atoms with E-state index in [1.807, 2.05) is 6.92 Å². The topological polar surface area (TPSA) is 113 Å². The van der Waals surface area contributed by atoms with Crippen LogP contribution in [0.4, 0.5) is 0 Å². The average Bonchev–Trinajstić information content (AvgIpc) is 3.27. The Morgan fingerprint density at radius 3 is 2.68 bits per heavy atom. The van der Waals surface area contributed by atoms with Gasteiger partial charge in [-0.1, -0.05) is 13.3 Å². The Morgan fingerprint density at radius 2 is 2.04 bits per heavy atom. The number of ether oxygens (including phenoxy) is 1. The second-order valence-corrected chi connectivity index (χ2v) is 7.15. The van der Waals surface area contributed by atoms with Crippen molar-refractivity contribution in [2.75, 3.05) is 19.7 Å². The molecule has 2 N–H and O–H groups in total. The molecule has 0 spiro atoms. The highest BCUT2D eigenvalue weighted by molar-refractivity contribution is 6.22. The fourth-order valence-corrected chi connectivity index (χ4v) is 3.57. The zero-order valence-corrected chi connectivity index (χ0v) is 15.8. The SMILES string of the molecule is CCCC(CNC(=O)c1ccc2c(c1)C(=O)N(CC1CCCO1)C2=O)C(=O)O. The summed E-state index contributed by atoms with van der Waals surface area (Å²) in [5.41, 5.74) is 0.687. The number of benzene rings is 1. The third kappa shape index (κ3) is 4.06. The fourth-order valence-electron chi connectivity index (χ4n) is 3.57. The van der Waals surface area contributed by atoms with Crippen molar-refractivity contribution in [1.29, 1.82) is 0 Å². The minimum absolute atomic E-state index is 0.0110. The molecule has 2 aliphatic heterocycles. The molecule has 2 unspecified atom stereocenters. The van der Waals surface area contributed by atoms with Gasteiger partial charge in [0.1, 0.15) is 0 Å². The molecule has 1 aromatic rings. The average molecular weight is 388 g/mol. The summed E-state index contributed by atoms with van der Waals surface area (Å²) >= 11 is 0. The van der Waals surface area contributed by atoms with Crippen molar-refractivity contribution >= 4 is 23.7 Å². The molecule has 3 rings (SSSR count). The number of hydrogen-bond acceptors (Lipinski definition) is 5. The molecule has 8 nitrogen and oxygen atoms in total. The minimum Gasteiger partial charge on any atom is -0.481 e. The van der Waals surface area contributed by atoms with Crippen LogP contribution in [0.15, 0.2) is 18.2 Å². The molecule has 1 saturated heterocycles. The van der Waals surface area contributed by atoms with E-state index in [-0.39, 0.29) is 41.8 Å². The summed E-state index contributed by atoms with van der Waals surface area (Å²) in [6.07, 6.45) is 2.74. The van der Waals surface area contributed by atoms with Gasteiger partial charge in [0.25, 0.3) is 17.7 Å². The number of imide groups is 1. The summed E-state index contributed by atoms with van der Waals surface area (Å²) in [4.78, 5) is 49.9. The molecule has 2 atom stereocenters. The molecule has 0 aliphatic carbocycles. The molecular formula is C20H24N2O6. The van der Waals surface area contributed by atoms with Crippen LogP contribution in [0.25, 0.3) is 0 Å². The van der Waals surface area contributed by atoms with Crippen molar-refractivity contribution in [2.24, 2.45) is 5.92 Å². The summed E-state index contributed by atoms with van der Waals surface area (Å²) in [6, 6.07) is 4.35. The molecule has 1 fully saturated rings. The maximum Gasteiger partial charge on any atom is 0.308 e. The van der Waals surface area contributed by atoms with Gasteiger partial charge in [-0.15, -0.1) is 0 Å². The fraction of sp³-hybridized carbons (Fsp3) is 0.500. The lowest BCUT2D eigenvalue weighted by molar-refractivity contribution is -0.141. The van der Waals surface area contributed by atoms with Gasteiger partial charge in [0.15, 0.2) is 0 Å². The molecule has 150 valence electrons. The maximum atomic E-state index is 12.7. The van der Waals surface area contributed by atoms with Gasteiger partial charge >= 0.3 is 5.97 Å². The van der Waals surface area contributed by atoms with Gasteiger partial charge in [0.2, 0.25) is 0 Å². The zero-order chi connectivity index (χ0) is 20.3. The normalized spacial score (nSPS) is 19.6. The van der Waals surface area contributed by atoms with Crippen LogP contribution in [0.1, 0.15) is 63.7 Å². The molecule has 0 aromatic heterocycles. The molecule has 0 bridgehead atoms. The second kappa shape index (κ2) is 8.52. The second-order valence-electron chi connectivity index (χ2n) is 7.15. The van der Waals surface area contributed by atoms with Crippen LogP contribution in [-0.2, 0) is 9.53 Å². The predicted octanol–water partition coefficient (Wildman–Crippen LogP) is 1.69. The van der Waals surface area contributed by atoms with Gasteiger partial charge in [-0.2, -0.15) is 0 Å². The highest BCUT2D eigenvalue weighted by atomic mass is 16.5. The van der Waals surface area contributed by atoms with E-state index in [4.69, 9.17) is 4.74 Å². The summed E-state index contributed by atoms with van der Waals surface area (Å²) in [6.45, 7) is 2.74. The predicted molar refractivity (Wildman–Crippen MR) is 99.2 cm³/mol. The third-order valence-corrected chi connectivity index (χ3v) is 5.14. The maximum absolute atomic E-state index is 12.7. The standard InChI is InChI=1S/C20H24N2O6/c1-2-4-13(20(26)27)10-21-17(23)12-6-7-15-16(9-12)19(25)22(18(15)24)11-14-5-3-8-28-14/h6-7,9,13-14H,2-5,8,10-11H2,1H3,(H,21,23)(H,26,27). The van der Waals surface area contributed by atoms with Gasteiger partial charge in [0, 0.05) is 18.7 Å². The number of nitrogens with one attached hydrogen (secondary N) is 1. The summed E-state index contributed by atoms with van der Waals surface area (Å²) in [5, 5.41) is 11.8. The lowest BCUT2D eigenvalue weighted by Crippen LogP contribution is -2.36. The number of carboxylic acid groups (broad SMARTS) is 1. The van der Waals surface area contributed by atoms with Crippen molar-refractivity contribution in [3.05, 3.63) is 34.9 Å². The van der Waals surface area contributed by atoms with Crippen molar-refractivity contribution in [1.82, 2.24) is 10.2 Å². The third-order valence-electron chi connectivity index (χ3n) is 5.14. The van der Waals surface area contributed by atoms with Gasteiger partial charge in [-0.3, -0.25) is 24.1 Å². The van der Waals surface area contributed by atoms with E-state index in [1.54, 1.807) is 0 Å². The number of aliphatic carboxylic acids is 1. The first-order chi connectivity index (χ1) is 13.4. The van der Waals surface area contributed by atoms with Gasteiger partial charge in [-0.05, 0) is 37.5 Å². The molecule has 0 saturated carbocycles. The van der Waals surface area contributed by atoms with Crippen molar-refractivity contribution < 1.29 is 29.0 Å². The van der Waals surface area contributed by atoms with Crippen LogP contribution in [0.3, 0.4) is 0 Å². The molecule has 2 heterocycles. The highest BCUT2D eigenvalue weighted by Crippen LogP contribution is 2.26. The molecular weight excluding hydrogens is 364 g/mol. The summed E-state index contributed by atoms with van der Waals surface area (Å²) in [5.74, 6) is -2.89. The Kier molecular flexibility index (Phi) is 6.08. The Bertz CT molecular complexity index is 800. The molecule has 8 heteroatoms. The lowest BCUT2D eigenvalue weighted by Gasteiger charge is -2.17. The summed E-state index contributed by atoms with van der Waals surface area (Å²) < 4.78 is 5.51. The van der Waals surface area contributed by atoms with Gasteiger partial charge in [-0.25, -0.2) is 0 Å². The molecule has 3 amide bonds. The molecule has 1 aromatic carbocycles. The van der Waals surface area contributed by atoms with Crippen LogP contribution in [0, 0.1) is 5.92 Å². The Morgan fingerprint density at radius 1 is 1.29 bits per heavy atom. The Hall–Kier alpha value is -2.74. The molecule has 2 aliphatic rings. The first-order valence-corrected chi connectivity index (χ1v) is 9.55. The first-order valence-electron chi connectivity index (χ1n) is 9.55. The van der Waals surface area contributed by atoms with E-state index >= 15 is 0 Å². The van der Waals surface area contributed by atoms with Crippen LogP contribution in [0.2, 0.25) is 0 Å². The van der Waals surface area contributed by atoms with Crippen molar-refractivity contribution in [3.8, 4) is 0 Å².